The molecule has 2 unspecified atom stereocenters. The Bertz CT molecular complexity index is 1950. The summed E-state index contributed by atoms with van der Waals surface area (Å²) in [6, 6.07) is 18.3. The predicted octanol–water partition coefficient (Wildman–Crippen LogP) is 11.9. The van der Waals surface area contributed by atoms with Crippen LogP contribution in [0.15, 0.2) is 95.4 Å². The van der Waals surface area contributed by atoms with Gasteiger partial charge in [0.05, 0.1) is 6.26 Å². The minimum Gasteiger partial charge on any atom is -0.512 e. The van der Waals surface area contributed by atoms with Gasteiger partial charge < -0.3 is 14.3 Å². The molecule has 267 valence electrons. The van der Waals surface area contributed by atoms with E-state index >= 15 is 0 Å². The van der Waals surface area contributed by atoms with Crippen LogP contribution in [0.1, 0.15) is 99.1 Å². The molecule has 0 amide bonds. The zero-order valence-corrected chi connectivity index (χ0v) is 33.4. The Hall–Kier alpha value is -3.73. The monoisotopic (exact) mass is 851 g/mol. The SMILES string of the molecule is CC(C)(C)c1cc(-c2cc(C3=CC4C=CC=CC4O3)c3ccoc3n2)[c-]c2ccccc12.CCC(C)(CC)C(=O)/C=C(\O)C(C)(CC)CC.[Ir]. The fraction of sp³-hybridized carbons (Fsp3) is 0.409. The molecular weight excluding hydrogens is 799 g/mol. The second-order valence-corrected chi connectivity index (χ2v) is 15.0. The van der Waals surface area contributed by atoms with Gasteiger partial charge in [0, 0.05) is 59.6 Å². The molecule has 1 aliphatic heterocycles. The van der Waals surface area contributed by atoms with E-state index in [4.69, 9.17) is 14.1 Å². The summed E-state index contributed by atoms with van der Waals surface area (Å²) < 4.78 is 12.1. The molecule has 1 N–H and O–H groups in total. The number of fused-ring (bicyclic) bond motifs is 3. The number of aliphatic hydroxyl groups is 1. The molecule has 2 aromatic carbocycles. The van der Waals surface area contributed by atoms with Gasteiger partial charge in [-0.3, -0.25) is 9.78 Å². The first kappa shape index (κ1) is 39.1. The predicted molar refractivity (Wildman–Crippen MR) is 202 cm³/mol. The van der Waals surface area contributed by atoms with Crippen molar-refractivity contribution in [1.29, 1.82) is 0 Å². The number of aliphatic hydroxyl groups excluding tert-OH is 1. The summed E-state index contributed by atoms with van der Waals surface area (Å²) in [5.74, 6) is 1.42. The first-order chi connectivity index (χ1) is 23.3. The Morgan fingerprint density at radius 3 is 2.20 bits per heavy atom. The molecular formula is C44H52IrNO4-. The third kappa shape index (κ3) is 7.92. The standard InChI is InChI=1S/C29H24NO2.C15H28O2.Ir/c1-29(2,3)24-15-20(14-18-8-4-6-10-21(18)24)25-17-23(22-12-13-31-28(22)30-25)27-16-19-9-5-7-11-26(19)32-27;1-7-14(5,8-2)12(16)11-13(17)15(6,9-3)10-4;/h4-13,15-17,19,26H,1-3H3;11,16H,7-10H2,1-6H3;/q-1;;/b;12-11-;. The quantitative estimate of drug-likeness (QED) is 0.103. The maximum absolute atomic E-state index is 12.2. The summed E-state index contributed by atoms with van der Waals surface area (Å²) >= 11 is 0. The molecule has 1 radical (unpaired) electrons. The van der Waals surface area contributed by atoms with E-state index in [1.54, 1.807) is 6.26 Å². The molecule has 0 bridgehead atoms. The zero-order chi connectivity index (χ0) is 35.6. The third-order valence-electron chi connectivity index (χ3n) is 10.9. The van der Waals surface area contributed by atoms with Crippen molar-refractivity contribution in [3.63, 3.8) is 0 Å². The van der Waals surface area contributed by atoms with Crippen molar-refractivity contribution in [3.8, 4) is 11.3 Å². The van der Waals surface area contributed by atoms with Crippen molar-refractivity contribution in [1.82, 2.24) is 4.98 Å². The maximum Gasteiger partial charge on any atom is 0.219 e. The van der Waals surface area contributed by atoms with Crippen LogP contribution in [0.25, 0.3) is 38.9 Å². The Morgan fingerprint density at radius 2 is 1.56 bits per heavy atom. The average Bonchev–Trinajstić information content (AvgIpc) is 3.77. The number of carbonyl (C=O) groups is 1. The maximum atomic E-state index is 12.2. The van der Waals surface area contributed by atoms with Gasteiger partial charge in [-0.1, -0.05) is 116 Å². The first-order valence-corrected chi connectivity index (χ1v) is 17.8. The Kier molecular flexibility index (Phi) is 12.2. The number of hydrogen-bond acceptors (Lipinski definition) is 5. The second kappa shape index (κ2) is 15.7. The van der Waals surface area contributed by atoms with Crippen molar-refractivity contribution < 1.29 is 39.2 Å². The van der Waals surface area contributed by atoms with Crippen LogP contribution in [0.4, 0.5) is 0 Å². The van der Waals surface area contributed by atoms with Gasteiger partial charge in [0.25, 0.3) is 0 Å². The van der Waals surface area contributed by atoms with E-state index in [-0.39, 0.29) is 59.9 Å². The molecule has 2 aromatic heterocycles. The Balaban J connectivity index is 0.000000269. The summed E-state index contributed by atoms with van der Waals surface area (Å²) in [5.41, 5.74) is 4.09. The number of carbonyl (C=O) groups excluding carboxylic acids is 1. The van der Waals surface area contributed by atoms with Crippen LogP contribution in [-0.2, 0) is 35.1 Å². The molecule has 50 heavy (non-hydrogen) atoms. The van der Waals surface area contributed by atoms with Gasteiger partial charge in [-0.25, -0.2) is 0 Å². The van der Waals surface area contributed by atoms with Gasteiger partial charge in [-0.05, 0) is 49.3 Å². The number of pyridine rings is 1. The van der Waals surface area contributed by atoms with E-state index in [0.29, 0.717) is 5.71 Å². The van der Waals surface area contributed by atoms with Crippen molar-refractivity contribution in [2.24, 2.45) is 16.7 Å². The smallest absolute Gasteiger partial charge is 0.219 e. The van der Waals surface area contributed by atoms with E-state index in [2.05, 4.69) is 87.5 Å². The molecule has 0 saturated heterocycles. The number of furan rings is 1. The van der Waals surface area contributed by atoms with Crippen LogP contribution < -0.4 is 0 Å². The van der Waals surface area contributed by atoms with Gasteiger partial charge >= 0.3 is 0 Å². The van der Waals surface area contributed by atoms with Crippen molar-refractivity contribution >= 4 is 33.4 Å². The van der Waals surface area contributed by atoms with E-state index in [1.807, 2.05) is 53.7 Å². The molecule has 0 saturated carbocycles. The van der Waals surface area contributed by atoms with Crippen LogP contribution in [0.5, 0.6) is 0 Å². The van der Waals surface area contributed by atoms with E-state index in [0.717, 1.165) is 59.0 Å². The second-order valence-electron chi connectivity index (χ2n) is 15.0. The van der Waals surface area contributed by atoms with Crippen LogP contribution in [0.3, 0.4) is 0 Å². The number of benzene rings is 2. The minimum atomic E-state index is -0.337. The third-order valence-corrected chi connectivity index (χ3v) is 10.9. The zero-order valence-electron chi connectivity index (χ0n) is 31.0. The van der Waals surface area contributed by atoms with Crippen LogP contribution in [-0.4, -0.2) is 22.0 Å². The van der Waals surface area contributed by atoms with Crippen LogP contribution in [0, 0.1) is 22.8 Å². The number of nitrogens with zero attached hydrogens (tertiary/aromatic N) is 1. The van der Waals surface area contributed by atoms with E-state index in [1.165, 1.54) is 17.0 Å². The number of ketones is 1. The topological polar surface area (TPSA) is 72.6 Å². The molecule has 4 aromatic rings. The van der Waals surface area contributed by atoms with E-state index < -0.39 is 0 Å². The van der Waals surface area contributed by atoms with E-state index in [9.17, 15) is 9.90 Å². The summed E-state index contributed by atoms with van der Waals surface area (Å²) in [6.45, 7) is 18.8. The molecule has 2 atom stereocenters. The average molecular weight is 851 g/mol. The molecule has 1 aliphatic carbocycles. The summed E-state index contributed by atoms with van der Waals surface area (Å²) in [4.78, 5) is 17.0. The number of allylic oxidation sites excluding steroid dienone is 4. The van der Waals surface area contributed by atoms with Gasteiger partial charge in [0.15, 0.2) is 5.78 Å². The molecule has 3 heterocycles. The molecule has 6 heteroatoms. The van der Waals surface area contributed by atoms with Crippen molar-refractivity contribution in [2.45, 2.75) is 99.5 Å². The first-order valence-electron chi connectivity index (χ1n) is 17.8. The van der Waals surface area contributed by atoms with Gasteiger partial charge in [0.2, 0.25) is 5.71 Å². The number of hydrogen-bond donors (Lipinski definition) is 1. The Labute approximate surface area is 312 Å². The minimum absolute atomic E-state index is 0. The summed E-state index contributed by atoms with van der Waals surface area (Å²) in [6.07, 6.45) is 17.1. The molecule has 2 aliphatic rings. The van der Waals surface area contributed by atoms with Crippen molar-refractivity contribution in [2.75, 3.05) is 0 Å². The summed E-state index contributed by atoms with van der Waals surface area (Å²) in [5, 5.41) is 13.4. The normalized spacial score (nSPS) is 17.5. The largest absolute Gasteiger partial charge is 0.512 e. The number of ether oxygens (including phenoxy) is 1. The summed E-state index contributed by atoms with van der Waals surface area (Å²) in [7, 11) is 0. The van der Waals surface area contributed by atoms with Crippen molar-refractivity contribution in [3.05, 3.63) is 108 Å². The number of aromatic nitrogens is 1. The fourth-order valence-electron chi connectivity index (χ4n) is 6.35. The fourth-order valence-corrected chi connectivity index (χ4v) is 6.35. The molecule has 0 spiro atoms. The van der Waals surface area contributed by atoms with Gasteiger partial charge in [-0.15, -0.1) is 29.1 Å². The molecule has 5 nitrogen and oxygen atoms in total. The van der Waals surface area contributed by atoms with Gasteiger partial charge in [-0.2, -0.15) is 0 Å². The Morgan fingerprint density at radius 1 is 0.900 bits per heavy atom. The van der Waals surface area contributed by atoms with Crippen LogP contribution >= 0.6 is 0 Å². The molecule has 6 rings (SSSR count). The molecule has 0 fully saturated rings. The number of rotatable bonds is 9. The van der Waals surface area contributed by atoms with Gasteiger partial charge in [0.1, 0.15) is 17.6 Å². The van der Waals surface area contributed by atoms with Crippen LogP contribution in [0.2, 0.25) is 0 Å².